The Kier molecular flexibility index (Phi) is 30.0. The molecule has 0 spiro atoms. The molecule has 2 aliphatic carbocycles. The lowest BCUT2D eigenvalue weighted by atomic mass is 9.76. The van der Waals surface area contributed by atoms with E-state index < -0.39 is 97.0 Å². The molecule has 7 aliphatic rings. The van der Waals surface area contributed by atoms with Crippen molar-refractivity contribution in [2.45, 2.75) is 264 Å². The molecule has 5 saturated heterocycles. The first-order valence-electron chi connectivity index (χ1n) is 47.2. The quantitative estimate of drug-likeness (QED) is 0.0292. The second-order valence-electron chi connectivity index (χ2n) is 41.9. The summed E-state index contributed by atoms with van der Waals surface area (Å²) in [4.78, 5) is 60.8. The van der Waals surface area contributed by atoms with Crippen LogP contribution in [-0.2, 0) is 91.8 Å². The summed E-state index contributed by atoms with van der Waals surface area (Å²) in [7, 11) is -4.93. The van der Waals surface area contributed by atoms with E-state index in [2.05, 4.69) is 61.8 Å². The highest BCUT2D eigenvalue weighted by Gasteiger charge is 2.55. The molecule has 5 fully saturated rings. The number of aliphatic hydroxyl groups is 1. The number of fused-ring (bicyclic) bond motifs is 3. The smallest absolute Gasteiger partial charge is 0.412 e. The minimum atomic E-state index is -4.03. The lowest BCUT2D eigenvalue weighted by molar-refractivity contribution is -0.181. The fraction of sp³-hybridized carbons (Fsp3) is 0.553. The van der Waals surface area contributed by atoms with Crippen LogP contribution in [0.2, 0.25) is 0 Å². The molecule has 0 unspecified atom stereocenters. The van der Waals surface area contributed by atoms with Crippen LogP contribution in [-0.4, -0.2) is 223 Å². The van der Waals surface area contributed by atoms with E-state index in [1.165, 1.54) is 35.0 Å². The number of ether oxygens (including phenoxy) is 10. The molecule has 7 heterocycles. The Bertz CT molecular complexity index is 5710. The number of sulfonamides is 2. The minimum Gasteiger partial charge on any atom is -0.497 e. The number of para-hydroxylation sites is 4. The number of aryl methyl sites for hydroxylation is 2. The first-order chi connectivity index (χ1) is 63.2. The minimum absolute atomic E-state index is 0.0116. The number of carbonyl (C=O) groups is 4. The van der Waals surface area contributed by atoms with Crippen molar-refractivity contribution in [1.82, 2.24) is 33.1 Å². The normalized spacial score (nSPS) is 21.9. The van der Waals surface area contributed by atoms with Gasteiger partial charge >= 0.3 is 24.0 Å². The van der Waals surface area contributed by atoms with Crippen LogP contribution in [0, 0.1) is 34.5 Å². The van der Waals surface area contributed by atoms with Gasteiger partial charge in [0.1, 0.15) is 69.6 Å². The molecular weight excluding hydrogens is 1750 g/mol. The molecule has 29 nitrogen and oxygen atoms in total. The van der Waals surface area contributed by atoms with Gasteiger partial charge in [-0.3, -0.25) is 9.69 Å². The number of benzene rings is 6. The summed E-state index contributed by atoms with van der Waals surface area (Å²) in [6.07, 6.45) is 4.38. The number of rotatable bonds is 32. The second kappa shape index (κ2) is 40.3. The number of esters is 2. The number of aromatic nitrogens is 4. The van der Waals surface area contributed by atoms with Crippen molar-refractivity contribution >= 4 is 55.4 Å². The van der Waals surface area contributed by atoms with Gasteiger partial charge < -0.3 is 67.4 Å². The van der Waals surface area contributed by atoms with E-state index in [9.17, 15) is 46.2 Å². The molecule has 2 aromatic heterocycles. The molecule has 9 atom stereocenters. The average molecular weight is 1890 g/mol. The van der Waals surface area contributed by atoms with Crippen LogP contribution in [0.3, 0.4) is 0 Å². The van der Waals surface area contributed by atoms with Crippen LogP contribution in [0.5, 0.6) is 23.0 Å². The molecule has 15 rings (SSSR count). The second-order valence-corrected chi connectivity index (χ2v) is 45.8. The van der Waals surface area contributed by atoms with Gasteiger partial charge in [-0.15, -0.1) is 0 Å². The van der Waals surface area contributed by atoms with Gasteiger partial charge in [0.15, 0.2) is 17.2 Å². The van der Waals surface area contributed by atoms with E-state index >= 15 is 0 Å². The zero-order valence-corrected chi connectivity index (χ0v) is 82.9. The zero-order chi connectivity index (χ0) is 96.5. The van der Waals surface area contributed by atoms with Crippen molar-refractivity contribution in [3.63, 3.8) is 0 Å². The number of aliphatic hydroxyl groups excluding tert-OH is 1. The number of hydrogen-bond donors (Lipinski definition) is 2. The fourth-order valence-electron chi connectivity index (χ4n) is 19.6. The Morgan fingerprint density at radius 3 is 1.55 bits per heavy atom. The van der Waals surface area contributed by atoms with E-state index in [1.807, 2.05) is 163 Å². The Labute approximate surface area is 790 Å². The van der Waals surface area contributed by atoms with Gasteiger partial charge in [0.25, 0.3) is 0 Å². The van der Waals surface area contributed by atoms with Gasteiger partial charge in [-0.05, 0) is 251 Å². The predicted octanol–water partition coefficient (Wildman–Crippen LogP) is 16.3. The molecule has 31 heteroatoms. The van der Waals surface area contributed by atoms with Crippen LogP contribution in [0.25, 0.3) is 11.4 Å². The number of anilines is 2. The molecule has 5 aliphatic heterocycles. The number of carboxylic acid groups (broad SMARTS) is 1. The largest absolute Gasteiger partial charge is 0.497 e. The standard InChI is InChI=1S/C53H73N5O9S.C50H64N4O11S/c1-35(2)32-56(68(61,62)40-24-22-38(63-13)23-25-40)34-46-44(57(53(11,12)65-46)49(60)67-51(6,7)8)30-36-18-20-37(21-19-36)55-29-27-39(33-55)64-45-17-15-14-16-43(45)58-47(48(59)66-50(3,4)5)41-31-52(9,10)28-26-42(41)54-58;1-32(2)28-53(66(59,60)38-17-15-36(61-6)16-18-38)30-43(55)34(26-46(56)65-45-31-63-50(5)40(45)21-24-62-50)25-33-11-13-35(14-12-33)52-23-20-37(29-52)64-44-10-8-7-9-42(44)54-47(48(57)58)39-27-49(3,4)22-19-41(39)51-54/h14-25,35,39,44,46H,26-34H2,1-13H3;7-18,32,34,37,40,43,45,55H,19-31H2,1-6H3,(H,57,58)/t39-,44-,46+;34-,37+,40+,43-,45+,50-/m01/s1. The monoisotopic (exact) mass is 1880 g/mol. The Hall–Kier alpha value is -10.1. The molecule has 0 saturated carbocycles. The van der Waals surface area contributed by atoms with Gasteiger partial charge in [-0.25, -0.2) is 40.6 Å². The molecule has 2 N–H and O–H groups in total. The van der Waals surface area contributed by atoms with Crippen molar-refractivity contribution in [2.75, 3.05) is 89.6 Å². The zero-order valence-electron chi connectivity index (χ0n) is 81.3. The van der Waals surface area contributed by atoms with E-state index in [0.717, 1.165) is 103 Å². The van der Waals surface area contributed by atoms with Crippen LogP contribution >= 0.6 is 0 Å². The number of aromatic carboxylic acids is 1. The number of carbonyl (C=O) groups excluding carboxylic acids is 3. The van der Waals surface area contributed by atoms with E-state index in [-0.39, 0.29) is 102 Å². The predicted molar refractivity (Wildman–Crippen MR) is 510 cm³/mol. The van der Waals surface area contributed by atoms with E-state index in [0.29, 0.717) is 79.0 Å². The Morgan fingerprint density at radius 1 is 0.582 bits per heavy atom. The fourth-order valence-corrected chi connectivity index (χ4v) is 22.8. The number of methoxy groups -OCH3 is 2. The van der Waals surface area contributed by atoms with Crippen molar-refractivity contribution < 1.29 is 93.6 Å². The maximum Gasteiger partial charge on any atom is 0.412 e. The van der Waals surface area contributed by atoms with Crippen LogP contribution in [0.15, 0.2) is 155 Å². The highest BCUT2D eigenvalue weighted by atomic mass is 32.2. The number of amides is 1. The summed E-state index contributed by atoms with van der Waals surface area (Å²) >= 11 is 0. The van der Waals surface area contributed by atoms with E-state index in [4.69, 9.17) is 57.6 Å². The van der Waals surface area contributed by atoms with Crippen LogP contribution in [0.1, 0.15) is 211 Å². The topological polar surface area (TPSA) is 321 Å². The maximum absolute atomic E-state index is 14.3. The Morgan fingerprint density at radius 2 is 1.06 bits per heavy atom. The maximum atomic E-state index is 14.3. The molecule has 1 amide bonds. The van der Waals surface area contributed by atoms with Gasteiger partial charge in [0, 0.05) is 80.5 Å². The van der Waals surface area contributed by atoms with Crippen molar-refractivity contribution in [3.05, 3.63) is 191 Å². The summed E-state index contributed by atoms with van der Waals surface area (Å²) in [5.74, 6) is -1.21. The van der Waals surface area contributed by atoms with Gasteiger partial charge in [0.2, 0.25) is 20.0 Å². The molecule has 0 bridgehead atoms. The third-order valence-electron chi connectivity index (χ3n) is 26.3. The average Bonchev–Trinajstić information content (AvgIpc) is 1.59. The first kappa shape index (κ1) is 99.8. The molecular formula is C103H137N9O20S2. The number of hydrogen-bond acceptors (Lipinski definition) is 23. The summed E-state index contributed by atoms with van der Waals surface area (Å²) in [6.45, 7) is 36.9. The number of carboxylic acids is 1. The van der Waals surface area contributed by atoms with Crippen LogP contribution < -0.4 is 28.7 Å². The molecule has 0 radical (unpaired) electrons. The molecule has 726 valence electrons. The first-order valence-corrected chi connectivity index (χ1v) is 50.1. The van der Waals surface area contributed by atoms with Gasteiger partial charge in [0.05, 0.1) is 92.3 Å². The van der Waals surface area contributed by atoms with Crippen molar-refractivity contribution in [2.24, 2.45) is 34.5 Å². The third kappa shape index (κ3) is 23.4. The van der Waals surface area contributed by atoms with Crippen molar-refractivity contribution in [3.8, 4) is 34.4 Å². The lowest BCUT2D eigenvalue weighted by Crippen LogP contribution is -2.52. The highest BCUT2D eigenvalue weighted by molar-refractivity contribution is 7.89. The summed E-state index contributed by atoms with van der Waals surface area (Å²) < 4.78 is 123. The lowest BCUT2D eigenvalue weighted by Gasteiger charge is -2.35. The summed E-state index contributed by atoms with van der Waals surface area (Å²) in [6, 6.07) is 43.5. The van der Waals surface area contributed by atoms with Gasteiger partial charge in [-0.1, -0.05) is 104 Å². The van der Waals surface area contributed by atoms with Crippen molar-refractivity contribution in [1.29, 1.82) is 0 Å². The molecule has 134 heavy (non-hydrogen) atoms. The SMILES string of the molecule is COc1ccc(S(=O)(=O)N(CC(C)C)C[C@@H](O)[C@@H](CC(=O)O[C@H]2CO[C@@]3(C)OCC[C@@H]23)Cc2ccc(N3CC[C@H](Oc4ccccc4-n4nc5c(c4C(=O)O)CC(C)(C)CC5)C3)cc2)cc1.COc1ccc(S(=O)(=O)N(CC(C)C)C[C@H]2OC(C)(C)N(C(=O)OC(C)(C)C)[C@H]2Cc2ccc(N3CC[C@H](Oc4ccccc4-n4nc5c(c4C(=O)OC(C)(C)C)CC(C)(C)CC5)C3)cc2)cc1. The van der Waals surface area contributed by atoms with Gasteiger partial charge in [-0.2, -0.15) is 18.8 Å². The Balaban J connectivity index is 0.000000215. The summed E-state index contributed by atoms with van der Waals surface area (Å²) in [5, 5.41) is 32.2. The number of nitrogens with zero attached hydrogens (tertiary/aromatic N) is 9. The highest BCUT2D eigenvalue weighted by Crippen LogP contribution is 2.46. The molecule has 8 aromatic rings. The van der Waals surface area contributed by atoms with Crippen LogP contribution in [0.4, 0.5) is 16.2 Å². The third-order valence-corrected chi connectivity index (χ3v) is 30.0. The summed E-state index contributed by atoms with van der Waals surface area (Å²) in [5.41, 5.74) is 6.76. The van der Waals surface area contributed by atoms with E-state index in [1.54, 1.807) is 50.7 Å². The molecule has 6 aromatic carbocycles.